The zero-order chi connectivity index (χ0) is 16.6. The van der Waals surface area contributed by atoms with Gasteiger partial charge in [-0.1, -0.05) is 60.7 Å². The molecule has 4 nitrogen and oxygen atoms in total. The van der Waals surface area contributed by atoms with Crippen molar-refractivity contribution < 1.29 is 0 Å². The van der Waals surface area contributed by atoms with Crippen molar-refractivity contribution in [2.75, 3.05) is 16.8 Å². The molecule has 3 rings (SSSR count). The van der Waals surface area contributed by atoms with Gasteiger partial charge in [-0.15, -0.1) is 0 Å². The molecule has 3 aromatic rings. The predicted octanol–water partition coefficient (Wildman–Crippen LogP) is 4.12. The number of hydrogen-bond donors (Lipinski definition) is 1. The minimum Gasteiger partial charge on any atom is -0.369 e. The molecule has 0 saturated carbocycles. The van der Waals surface area contributed by atoms with Crippen molar-refractivity contribution >= 4 is 11.6 Å². The van der Waals surface area contributed by atoms with Crippen LogP contribution in [0.15, 0.2) is 73.1 Å². The average Bonchev–Trinajstić information content (AvgIpc) is 2.63. The Labute approximate surface area is 143 Å². The molecule has 1 aromatic heterocycles. The van der Waals surface area contributed by atoms with E-state index in [9.17, 15) is 0 Å². The van der Waals surface area contributed by atoms with Crippen LogP contribution in [0.4, 0.5) is 11.6 Å². The van der Waals surface area contributed by atoms with Gasteiger partial charge in [-0.05, 0) is 18.1 Å². The van der Waals surface area contributed by atoms with E-state index in [0.29, 0.717) is 0 Å². The average molecular weight is 318 g/mol. The Morgan fingerprint density at radius 2 is 1.42 bits per heavy atom. The Morgan fingerprint density at radius 3 is 1.96 bits per heavy atom. The first-order chi connectivity index (χ1) is 11.8. The first-order valence-corrected chi connectivity index (χ1v) is 8.24. The summed E-state index contributed by atoms with van der Waals surface area (Å²) >= 11 is 0. The molecule has 122 valence electrons. The molecule has 0 bridgehead atoms. The van der Waals surface area contributed by atoms with Crippen molar-refractivity contribution in [3.05, 3.63) is 84.2 Å². The second kappa shape index (κ2) is 8.11. The molecule has 0 atom stereocenters. The van der Waals surface area contributed by atoms with E-state index < -0.39 is 0 Å². The molecule has 0 saturated heterocycles. The fraction of sp³-hybridized carbons (Fsp3) is 0.200. The number of benzene rings is 2. The van der Waals surface area contributed by atoms with Crippen LogP contribution in [0.2, 0.25) is 0 Å². The molecule has 0 radical (unpaired) electrons. The molecule has 1 heterocycles. The zero-order valence-corrected chi connectivity index (χ0v) is 13.9. The summed E-state index contributed by atoms with van der Waals surface area (Å²) in [4.78, 5) is 11.3. The van der Waals surface area contributed by atoms with Crippen LogP contribution in [0, 0.1) is 0 Å². The summed E-state index contributed by atoms with van der Waals surface area (Å²) < 4.78 is 0. The van der Waals surface area contributed by atoms with E-state index in [1.54, 1.807) is 6.20 Å². The molecule has 0 aliphatic heterocycles. The molecule has 1 N–H and O–H groups in total. The molecule has 24 heavy (non-hydrogen) atoms. The van der Waals surface area contributed by atoms with Gasteiger partial charge < -0.3 is 10.2 Å². The van der Waals surface area contributed by atoms with Crippen molar-refractivity contribution in [1.29, 1.82) is 0 Å². The van der Waals surface area contributed by atoms with E-state index in [1.165, 1.54) is 11.1 Å². The van der Waals surface area contributed by atoms with E-state index >= 15 is 0 Å². The van der Waals surface area contributed by atoms with Crippen LogP contribution in [0.3, 0.4) is 0 Å². The summed E-state index contributed by atoms with van der Waals surface area (Å²) in [6, 6.07) is 20.9. The molecule has 4 heteroatoms. The van der Waals surface area contributed by atoms with E-state index in [1.807, 2.05) is 18.3 Å². The largest absolute Gasteiger partial charge is 0.369 e. The number of aromatic nitrogens is 2. The lowest BCUT2D eigenvalue weighted by Crippen LogP contribution is -2.23. The fourth-order valence-electron chi connectivity index (χ4n) is 2.60. The molecule has 0 aliphatic carbocycles. The maximum absolute atomic E-state index is 4.71. The van der Waals surface area contributed by atoms with Crippen molar-refractivity contribution in [3.8, 4) is 0 Å². The van der Waals surface area contributed by atoms with Gasteiger partial charge in [0, 0.05) is 19.6 Å². The Bertz CT molecular complexity index is 702. The Hall–Kier alpha value is -2.88. The van der Waals surface area contributed by atoms with Gasteiger partial charge >= 0.3 is 0 Å². The van der Waals surface area contributed by atoms with E-state index in [-0.39, 0.29) is 0 Å². The standard InChI is InChI=1S/C20H22N4/c1-2-22-19-13-21-14-20(23-19)24(15-17-9-5-3-6-10-17)16-18-11-7-4-8-12-18/h3-14H,2,15-16H2,1H3,(H,22,23). The number of nitrogens with zero attached hydrogens (tertiary/aromatic N) is 3. The smallest absolute Gasteiger partial charge is 0.150 e. The summed E-state index contributed by atoms with van der Waals surface area (Å²) in [6.45, 7) is 4.47. The highest BCUT2D eigenvalue weighted by molar-refractivity contribution is 5.45. The van der Waals surface area contributed by atoms with Gasteiger partial charge in [-0.25, -0.2) is 4.98 Å². The maximum Gasteiger partial charge on any atom is 0.150 e. The molecule has 0 spiro atoms. The lowest BCUT2D eigenvalue weighted by molar-refractivity contribution is 0.779. The number of hydrogen-bond acceptors (Lipinski definition) is 4. The van der Waals surface area contributed by atoms with Gasteiger partial charge in [0.05, 0.1) is 12.4 Å². The normalized spacial score (nSPS) is 10.4. The zero-order valence-electron chi connectivity index (χ0n) is 13.9. The highest BCUT2D eigenvalue weighted by Gasteiger charge is 2.11. The predicted molar refractivity (Wildman–Crippen MR) is 99.0 cm³/mol. The Kier molecular flexibility index (Phi) is 5.40. The fourth-order valence-corrected chi connectivity index (χ4v) is 2.60. The number of anilines is 2. The second-order valence-electron chi connectivity index (χ2n) is 5.62. The molecule has 0 unspecified atom stereocenters. The molecular weight excluding hydrogens is 296 g/mol. The molecule has 2 aromatic carbocycles. The quantitative estimate of drug-likeness (QED) is 0.711. The van der Waals surface area contributed by atoms with Crippen LogP contribution in [0.1, 0.15) is 18.1 Å². The van der Waals surface area contributed by atoms with Crippen LogP contribution >= 0.6 is 0 Å². The first kappa shape index (κ1) is 16.0. The topological polar surface area (TPSA) is 41.1 Å². The van der Waals surface area contributed by atoms with Crippen LogP contribution in [-0.2, 0) is 13.1 Å². The van der Waals surface area contributed by atoms with E-state index in [4.69, 9.17) is 4.98 Å². The third-order valence-electron chi connectivity index (χ3n) is 3.74. The van der Waals surface area contributed by atoms with Gasteiger partial charge in [-0.2, -0.15) is 0 Å². The van der Waals surface area contributed by atoms with Crippen molar-refractivity contribution in [2.24, 2.45) is 0 Å². The van der Waals surface area contributed by atoms with Crippen LogP contribution < -0.4 is 10.2 Å². The minimum atomic E-state index is 0.792. The Balaban J connectivity index is 1.87. The van der Waals surface area contributed by atoms with Gasteiger partial charge in [-0.3, -0.25) is 4.98 Å². The lowest BCUT2D eigenvalue weighted by atomic mass is 10.1. The van der Waals surface area contributed by atoms with Crippen molar-refractivity contribution in [1.82, 2.24) is 9.97 Å². The molecule has 0 amide bonds. The van der Waals surface area contributed by atoms with Crippen LogP contribution in [0.5, 0.6) is 0 Å². The highest BCUT2D eigenvalue weighted by Crippen LogP contribution is 2.19. The summed E-state index contributed by atoms with van der Waals surface area (Å²) in [7, 11) is 0. The van der Waals surface area contributed by atoms with Crippen LogP contribution in [-0.4, -0.2) is 16.5 Å². The summed E-state index contributed by atoms with van der Waals surface area (Å²) in [6.07, 6.45) is 3.59. The third-order valence-corrected chi connectivity index (χ3v) is 3.74. The van der Waals surface area contributed by atoms with Gasteiger partial charge in [0.1, 0.15) is 11.6 Å². The third kappa shape index (κ3) is 4.32. The highest BCUT2D eigenvalue weighted by atomic mass is 15.2. The second-order valence-corrected chi connectivity index (χ2v) is 5.62. The monoisotopic (exact) mass is 318 g/mol. The SMILES string of the molecule is CCNc1cncc(N(Cc2ccccc2)Cc2ccccc2)n1. The number of rotatable bonds is 7. The van der Waals surface area contributed by atoms with E-state index in [2.05, 4.69) is 70.7 Å². The summed E-state index contributed by atoms with van der Waals surface area (Å²) in [5, 5.41) is 3.23. The van der Waals surface area contributed by atoms with Gasteiger partial charge in [0.2, 0.25) is 0 Å². The minimum absolute atomic E-state index is 0.792. The summed E-state index contributed by atoms with van der Waals surface area (Å²) in [5.74, 6) is 1.68. The Morgan fingerprint density at radius 1 is 0.833 bits per heavy atom. The van der Waals surface area contributed by atoms with E-state index in [0.717, 1.165) is 31.3 Å². The number of nitrogens with one attached hydrogen (secondary N) is 1. The van der Waals surface area contributed by atoms with Crippen molar-refractivity contribution in [3.63, 3.8) is 0 Å². The summed E-state index contributed by atoms with van der Waals surface area (Å²) in [5.41, 5.74) is 2.51. The van der Waals surface area contributed by atoms with Gasteiger partial charge in [0.25, 0.3) is 0 Å². The first-order valence-electron chi connectivity index (χ1n) is 8.24. The molecule has 0 fully saturated rings. The molecular formula is C20H22N4. The van der Waals surface area contributed by atoms with Crippen LogP contribution in [0.25, 0.3) is 0 Å². The van der Waals surface area contributed by atoms with Gasteiger partial charge in [0.15, 0.2) is 0 Å². The molecule has 0 aliphatic rings. The van der Waals surface area contributed by atoms with Crippen molar-refractivity contribution in [2.45, 2.75) is 20.0 Å². The lowest BCUT2D eigenvalue weighted by Gasteiger charge is -2.24. The maximum atomic E-state index is 4.71.